The Hall–Kier alpha value is -1.43. The molecule has 1 amide bonds. The fourth-order valence-electron chi connectivity index (χ4n) is 1.63. The molecule has 0 atom stereocenters. The molecule has 2 rings (SSSR count). The number of hydrogen-bond donors (Lipinski definition) is 1. The van der Waals surface area contributed by atoms with E-state index in [0.717, 1.165) is 17.1 Å². The number of carbonyl (C=O) groups excluding carboxylic acids is 1. The molecule has 0 spiro atoms. The van der Waals surface area contributed by atoms with Gasteiger partial charge in [0.1, 0.15) is 6.33 Å². The van der Waals surface area contributed by atoms with E-state index in [2.05, 4.69) is 20.9 Å². The lowest BCUT2D eigenvalue weighted by Gasteiger charge is -2.06. The minimum absolute atomic E-state index is 0.121. The average Bonchev–Trinajstić information content (AvgIpc) is 2.80. The van der Waals surface area contributed by atoms with Crippen LogP contribution in [0.1, 0.15) is 26.0 Å². The molecule has 0 fully saturated rings. The maximum atomic E-state index is 11.5. The van der Waals surface area contributed by atoms with Gasteiger partial charge in [-0.15, -0.1) is 21.5 Å². The van der Waals surface area contributed by atoms with Crippen LogP contribution in [-0.2, 0) is 11.2 Å². The number of amides is 1. The zero-order chi connectivity index (χ0) is 12.3. The molecular weight excluding hydrogens is 236 g/mol. The predicted octanol–water partition coefficient (Wildman–Crippen LogP) is 1.50. The lowest BCUT2D eigenvalue weighted by Crippen LogP contribution is -2.26. The van der Waals surface area contributed by atoms with Crippen molar-refractivity contribution in [2.75, 3.05) is 6.54 Å². The largest absolute Gasteiger partial charge is 0.356 e. The first-order chi connectivity index (χ1) is 8.16. The third-order valence-corrected chi connectivity index (χ3v) is 3.30. The smallest absolute Gasteiger partial charge is 0.220 e. The van der Waals surface area contributed by atoms with Crippen LogP contribution in [0.3, 0.4) is 0 Å². The van der Waals surface area contributed by atoms with Crippen molar-refractivity contribution in [1.29, 1.82) is 0 Å². The van der Waals surface area contributed by atoms with E-state index in [1.54, 1.807) is 17.7 Å². The third kappa shape index (κ3) is 3.03. The molecule has 2 heterocycles. The Bertz CT molecular complexity index is 502. The van der Waals surface area contributed by atoms with Crippen molar-refractivity contribution >= 4 is 22.2 Å². The number of fused-ring (bicyclic) bond motifs is 1. The molecule has 0 radical (unpaired) electrons. The van der Waals surface area contributed by atoms with Gasteiger partial charge in [-0.3, -0.25) is 9.20 Å². The number of aromatic nitrogens is 3. The molecule has 0 saturated carbocycles. The van der Waals surface area contributed by atoms with Gasteiger partial charge in [0.15, 0.2) is 0 Å². The highest BCUT2D eigenvalue weighted by atomic mass is 32.1. The lowest BCUT2D eigenvalue weighted by atomic mass is 10.1. The predicted molar refractivity (Wildman–Crippen MR) is 67.0 cm³/mol. The molecule has 0 unspecified atom stereocenters. The van der Waals surface area contributed by atoms with Gasteiger partial charge in [0.25, 0.3) is 0 Å². The zero-order valence-electron chi connectivity index (χ0n) is 10.0. The molecule has 17 heavy (non-hydrogen) atoms. The summed E-state index contributed by atoms with van der Waals surface area (Å²) in [4.78, 5) is 12.4. The molecule has 1 N–H and O–H groups in total. The van der Waals surface area contributed by atoms with Crippen LogP contribution >= 0.6 is 11.3 Å². The van der Waals surface area contributed by atoms with Crippen molar-refractivity contribution < 1.29 is 4.79 Å². The highest BCUT2D eigenvalue weighted by Gasteiger charge is 2.06. The van der Waals surface area contributed by atoms with Gasteiger partial charge in [-0.05, 0) is 5.92 Å². The van der Waals surface area contributed by atoms with Gasteiger partial charge in [-0.1, -0.05) is 13.8 Å². The summed E-state index contributed by atoms with van der Waals surface area (Å²) in [6.07, 6.45) is 3.10. The fourth-order valence-corrected chi connectivity index (χ4v) is 2.48. The second-order valence-corrected chi connectivity index (χ2v) is 5.25. The monoisotopic (exact) mass is 252 g/mol. The second-order valence-electron chi connectivity index (χ2n) is 4.41. The van der Waals surface area contributed by atoms with E-state index in [1.807, 2.05) is 18.2 Å². The van der Waals surface area contributed by atoms with Gasteiger partial charge in [-0.2, -0.15) is 0 Å². The number of nitrogens with one attached hydrogen (secondary N) is 1. The maximum absolute atomic E-state index is 11.5. The van der Waals surface area contributed by atoms with E-state index < -0.39 is 0 Å². The van der Waals surface area contributed by atoms with Crippen molar-refractivity contribution in [2.24, 2.45) is 5.92 Å². The quantitative estimate of drug-likeness (QED) is 0.877. The van der Waals surface area contributed by atoms with Crippen molar-refractivity contribution in [3.05, 3.63) is 17.4 Å². The van der Waals surface area contributed by atoms with Crippen LogP contribution in [0.4, 0.5) is 0 Å². The Morgan fingerprint density at radius 1 is 1.59 bits per heavy atom. The normalized spacial score (nSPS) is 11.2. The highest BCUT2D eigenvalue weighted by molar-refractivity contribution is 7.15. The summed E-state index contributed by atoms with van der Waals surface area (Å²) in [5.41, 5.74) is 1.14. The molecular formula is C11H16N4OS. The molecule has 92 valence electrons. The van der Waals surface area contributed by atoms with E-state index in [9.17, 15) is 4.79 Å². The minimum atomic E-state index is 0.121. The van der Waals surface area contributed by atoms with Crippen LogP contribution in [0.25, 0.3) is 4.96 Å². The van der Waals surface area contributed by atoms with Crippen molar-refractivity contribution in [3.63, 3.8) is 0 Å². The summed E-state index contributed by atoms with van der Waals surface area (Å²) in [6, 6.07) is 0. The Morgan fingerprint density at radius 2 is 2.41 bits per heavy atom. The Kier molecular flexibility index (Phi) is 3.73. The summed E-state index contributed by atoms with van der Waals surface area (Å²) >= 11 is 1.57. The Balaban J connectivity index is 1.83. The average molecular weight is 252 g/mol. The summed E-state index contributed by atoms with van der Waals surface area (Å²) in [5, 5.41) is 12.8. The molecule has 0 saturated heterocycles. The minimum Gasteiger partial charge on any atom is -0.356 e. The van der Waals surface area contributed by atoms with Crippen LogP contribution in [0.2, 0.25) is 0 Å². The Labute approximate surface area is 104 Å². The first-order valence-electron chi connectivity index (χ1n) is 5.69. The topological polar surface area (TPSA) is 59.3 Å². The second kappa shape index (κ2) is 5.27. The van der Waals surface area contributed by atoms with E-state index in [1.165, 1.54) is 0 Å². The third-order valence-electron chi connectivity index (χ3n) is 2.42. The molecule has 6 heteroatoms. The standard InChI is InChI=1S/C11H16N4OS/c1-8(2)5-10(16)12-4-3-9-6-17-11-14-13-7-15(9)11/h6-8H,3-5H2,1-2H3,(H,12,16). The summed E-state index contributed by atoms with van der Waals surface area (Å²) in [5.74, 6) is 0.524. The molecule has 0 bridgehead atoms. The van der Waals surface area contributed by atoms with Gasteiger partial charge in [0.2, 0.25) is 10.9 Å². The molecule has 5 nitrogen and oxygen atoms in total. The number of hydrogen-bond acceptors (Lipinski definition) is 4. The summed E-state index contributed by atoms with van der Waals surface area (Å²) < 4.78 is 1.96. The molecule has 2 aromatic rings. The van der Waals surface area contributed by atoms with Gasteiger partial charge in [-0.25, -0.2) is 0 Å². The van der Waals surface area contributed by atoms with Crippen LogP contribution in [0.15, 0.2) is 11.7 Å². The van der Waals surface area contributed by atoms with Crippen LogP contribution in [0.5, 0.6) is 0 Å². The maximum Gasteiger partial charge on any atom is 0.220 e. The van der Waals surface area contributed by atoms with Crippen LogP contribution in [0, 0.1) is 5.92 Å². The van der Waals surface area contributed by atoms with E-state index >= 15 is 0 Å². The molecule has 2 aromatic heterocycles. The van der Waals surface area contributed by atoms with Gasteiger partial charge >= 0.3 is 0 Å². The van der Waals surface area contributed by atoms with Crippen molar-refractivity contribution in [2.45, 2.75) is 26.7 Å². The molecule has 0 aliphatic carbocycles. The van der Waals surface area contributed by atoms with Gasteiger partial charge in [0.05, 0.1) is 0 Å². The van der Waals surface area contributed by atoms with Crippen LogP contribution < -0.4 is 5.32 Å². The van der Waals surface area contributed by atoms with E-state index in [4.69, 9.17) is 0 Å². The first kappa shape index (κ1) is 12.0. The number of rotatable bonds is 5. The SMILES string of the molecule is CC(C)CC(=O)NCCc1csc2nncn12. The summed E-state index contributed by atoms with van der Waals surface area (Å²) in [6.45, 7) is 4.74. The number of nitrogens with zero attached hydrogens (tertiary/aromatic N) is 3. The highest BCUT2D eigenvalue weighted by Crippen LogP contribution is 2.13. The Morgan fingerprint density at radius 3 is 3.18 bits per heavy atom. The fraction of sp³-hybridized carbons (Fsp3) is 0.545. The van der Waals surface area contributed by atoms with Crippen LogP contribution in [-0.4, -0.2) is 27.0 Å². The molecule has 0 aliphatic heterocycles. The number of thiazole rings is 1. The van der Waals surface area contributed by atoms with E-state index in [0.29, 0.717) is 18.9 Å². The van der Waals surface area contributed by atoms with Crippen molar-refractivity contribution in [1.82, 2.24) is 19.9 Å². The van der Waals surface area contributed by atoms with Gasteiger partial charge < -0.3 is 5.32 Å². The molecule has 0 aromatic carbocycles. The first-order valence-corrected chi connectivity index (χ1v) is 6.57. The van der Waals surface area contributed by atoms with Crippen molar-refractivity contribution in [3.8, 4) is 0 Å². The summed E-state index contributed by atoms with van der Waals surface area (Å²) in [7, 11) is 0. The zero-order valence-corrected chi connectivity index (χ0v) is 10.8. The molecule has 0 aliphatic rings. The van der Waals surface area contributed by atoms with E-state index in [-0.39, 0.29) is 5.91 Å². The number of carbonyl (C=O) groups is 1. The lowest BCUT2D eigenvalue weighted by molar-refractivity contribution is -0.121. The van der Waals surface area contributed by atoms with Gasteiger partial charge in [0, 0.05) is 30.5 Å².